The van der Waals surface area contributed by atoms with Gasteiger partial charge in [-0.2, -0.15) is 0 Å². The van der Waals surface area contributed by atoms with Gasteiger partial charge in [0.1, 0.15) is 23.0 Å². The van der Waals surface area contributed by atoms with Gasteiger partial charge in [-0.25, -0.2) is 9.59 Å². The first-order valence-corrected chi connectivity index (χ1v) is 28.9. The number of esters is 2. The quantitative estimate of drug-likeness (QED) is 0.123. The first-order chi connectivity index (χ1) is 42.0. The van der Waals surface area contributed by atoms with Crippen molar-refractivity contribution >= 4 is 57.9 Å². The van der Waals surface area contributed by atoms with Crippen LogP contribution in [0.15, 0.2) is 218 Å². The van der Waals surface area contributed by atoms with E-state index in [1.165, 1.54) is 0 Å². The lowest BCUT2D eigenvalue weighted by Gasteiger charge is -2.38. The fourth-order valence-electron chi connectivity index (χ4n) is 13.0. The summed E-state index contributed by atoms with van der Waals surface area (Å²) in [6, 6.07) is 68.9. The molecule has 2 unspecified atom stereocenters. The average molecular weight is 1150 g/mol. The third-order valence-electron chi connectivity index (χ3n) is 17.7. The molecule has 10 aromatic carbocycles. The maximum atomic E-state index is 15.2. The molecule has 12 nitrogen and oxygen atoms in total. The van der Waals surface area contributed by atoms with E-state index in [1.807, 2.05) is 234 Å². The molecule has 0 N–H and O–H groups in total. The van der Waals surface area contributed by atoms with E-state index in [-0.39, 0.29) is 11.8 Å². The van der Waals surface area contributed by atoms with Crippen LogP contribution in [-0.2, 0) is 26.1 Å². The molecule has 4 heterocycles. The second-order valence-electron chi connectivity index (χ2n) is 23.6. The average Bonchev–Trinajstić information content (AvgIpc) is 1.67. The van der Waals surface area contributed by atoms with Crippen LogP contribution >= 0.6 is 0 Å². The summed E-state index contributed by atoms with van der Waals surface area (Å²) >= 11 is 0. The molecule has 14 rings (SSSR count). The van der Waals surface area contributed by atoms with E-state index in [0.717, 1.165) is 33.6 Å². The van der Waals surface area contributed by atoms with Gasteiger partial charge < -0.3 is 28.7 Å². The van der Waals surface area contributed by atoms with Crippen LogP contribution in [0.3, 0.4) is 0 Å². The Morgan fingerprint density at radius 3 is 1.10 bits per heavy atom. The predicted octanol–water partition coefficient (Wildman–Crippen LogP) is 15.9. The molecule has 0 fully saturated rings. The van der Waals surface area contributed by atoms with Crippen LogP contribution in [-0.4, -0.2) is 51.9 Å². The number of anilines is 6. The monoisotopic (exact) mass is 1140 g/mol. The maximum absolute atomic E-state index is 15.2. The minimum absolute atomic E-state index is 0.254. The normalized spacial score (nSPS) is 16.4. The zero-order valence-corrected chi connectivity index (χ0v) is 49.3. The van der Waals surface area contributed by atoms with Gasteiger partial charge in [-0.1, -0.05) is 111 Å². The number of benzene rings is 10. The van der Waals surface area contributed by atoms with Crippen molar-refractivity contribution in [3.05, 3.63) is 296 Å². The SMILES string of the molecule is Cc1cc2c(cc1N(C(=O)c1ccccc1)c1ccc(C(C)(C)c3ccc(N(C(=O)c4ccccc4)c4cc5c(cc4C)Oc4cc(N(C)C)ccc4C54OC(=O)c5ccccc54)cc3)cc1)C1(OC(=O)c3ccccc31)c1ccc(N(C)C)cc1O2. The molecule has 0 aliphatic carbocycles. The van der Waals surface area contributed by atoms with Crippen molar-refractivity contribution < 1.29 is 38.1 Å². The van der Waals surface area contributed by atoms with Crippen LogP contribution in [0.5, 0.6) is 23.0 Å². The molecular weight excluding hydrogens is 1080 g/mol. The van der Waals surface area contributed by atoms with E-state index < -0.39 is 28.6 Å². The first-order valence-electron chi connectivity index (χ1n) is 28.9. The van der Waals surface area contributed by atoms with Crippen molar-refractivity contribution in [3.8, 4) is 23.0 Å². The number of carbonyl (C=O) groups excluding carboxylic acids is 4. The lowest BCUT2D eigenvalue weighted by atomic mass is 9.77. The molecule has 4 aliphatic heterocycles. The fraction of sp³-hybridized carbons (Fsp3) is 0.147. The molecule has 10 aromatic rings. The lowest BCUT2D eigenvalue weighted by molar-refractivity contribution is 0.0214. The summed E-state index contributed by atoms with van der Waals surface area (Å²) in [4.78, 5) is 65.8. The van der Waals surface area contributed by atoms with Crippen molar-refractivity contribution in [2.75, 3.05) is 47.8 Å². The Kier molecular flexibility index (Phi) is 12.6. The Labute approximate surface area is 505 Å². The molecule has 2 atom stereocenters. The van der Waals surface area contributed by atoms with E-state index in [2.05, 4.69) is 13.8 Å². The third kappa shape index (κ3) is 8.41. The second-order valence-corrected chi connectivity index (χ2v) is 23.6. The second kappa shape index (κ2) is 20.2. The van der Waals surface area contributed by atoms with Gasteiger partial charge in [-0.3, -0.25) is 19.4 Å². The van der Waals surface area contributed by atoms with Gasteiger partial charge in [0.2, 0.25) is 0 Å². The van der Waals surface area contributed by atoms with E-state index in [9.17, 15) is 9.59 Å². The van der Waals surface area contributed by atoms with Crippen molar-refractivity contribution in [2.45, 2.75) is 44.3 Å². The maximum Gasteiger partial charge on any atom is 0.340 e. The highest BCUT2D eigenvalue weighted by Gasteiger charge is 2.56. The van der Waals surface area contributed by atoms with E-state index in [4.69, 9.17) is 18.9 Å². The highest BCUT2D eigenvalue weighted by molar-refractivity contribution is 6.13. The van der Waals surface area contributed by atoms with Crippen molar-refractivity contribution in [1.82, 2.24) is 0 Å². The topological polar surface area (TPSA) is 118 Å². The number of ether oxygens (including phenoxy) is 4. The molecule has 0 radical (unpaired) electrons. The van der Waals surface area contributed by atoms with E-state index >= 15 is 9.59 Å². The molecule has 0 bridgehead atoms. The number of rotatable bonds is 10. The molecule has 12 heteroatoms. The van der Waals surface area contributed by atoms with Gasteiger partial charge in [0.25, 0.3) is 11.8 Å². The number of hydrogen-bond acceptors (Lipinski definition) is 10. The number of nitrogens with zero attached hydrogens (tertiary/aromatic N) is 4. The van der Waals surface area contributed by atoms with E-state index in [1.54, 1.807) is 46.2 Å². The van der Waals surface area contributed by atoms with Gasteiger partial charge in [-0.05, 0) is 145 Å². The van der Waals surface area contributed by atoms with Crippen LogP contribution in [0.1, 0.15) is 111 Å². The summed E-state index contributed by atoms with van der Waals surface area (Å²) in [7, 11) is 7.85. The van der Waals surface area contributed by atoms with Gasteiger partial charge in [0.05, 0.1) is 22.5 Å². The highest BCUT2D eigenvalue weighted by Crippen LogP contribution is 2.60. The highest BCUT2D eigenvalue weighted by atomic mass is 16.6. The van der Waals surface area contributed by atoms with Crippen molar-refractivity contribution in [3.63, 3.8) is 0 Å². The minimum Gasteiger partial charge on any atom is -0.456 e. The molecule has 2 spiro atoms. The Morgan fingerprint density at radius 1 is 0.379 bits per heavy atom. The van der Waals surface area contributed by atoms with Gasteiger partial charge in [0.15, 0.2) is 11.2 Å². The number of hydrogen-bond donors (Lipinski definition) is 0. The van der Waals surface area contributed by atoms with E-state index in [0.29, 0.717) is 101 Å². The molecule has 0 aromatic heterocycles. The molecule has 2 amide bonds. The Morgan fingerprint density at radius 2 is 0.724 bits per heavy atom. The number of aryl methyl sites for hydroxylation is 2. The van der Waals surface area contributed by atoms with Gasteiger partial charge in [-0.15, -0.1) is 0 Å². The standard InChI is InChI=1S/C75H60N4O8/c1-45-39-65-61(74(57-25-17-15-23-55(57)71(82)86-74)59-37-35-53(76(5)6)41-67(59)84-65)43-63(45)78(69(80)47-19-11-9-12-20-47)51-31-27-49(28-32-51)73(3,4)50-29-33-52(34-30-50)79(70(81)48-21-13-10-14-22-48)64-44-62-66(40-46(64)2)85-68-42-54(77(7)8)36-38-60(68)75(62)58-26-18-16-24-56(58)72(83)87-75/h9-44H,1-8H3. The summed E-state index contributed by atoms with van der Waals surface area (Å²) < 4.78 is 26.7. The predicted molar refractivity (Wildman–Crippen MR) is 338 cm³/mol. The smallest absolute Gasteiger partial charge is 0.340 e. The van der Waals surface area contributed by atoms with Crippen LogP contribution in [0.2, 0.25) is 0 Å². The first kappa shape index (κ1) is 54.2. The van der Waals surface area contributed by atoms with Crippen LogP contribution < -0.4 is 29.1 Å². The number of amides is 2. The molecule has 0 saturated carbocycles. The van der Waals surface area contributed by atoms with Crippen molar-refractivity contribution in [2.24, 2.45) is 0 Å². The molecule has 428 valence electrons. The summed E-state index contributed by atoms with van der Waals surface area (Å²) in [5.74, 6) is 0.760. The summed E-state index contributed by atoms with van der Waals surface area (Å²) in [6.07, 6.45) is 0. The summed E-state index contributed by atoms with van der Waals surface area (Å²) in [5.41, 5.74) is 10.2. The van der Waals surface area contributed by atoms with Crippen LogP contribution in [0.4, 0.5) is 34.1 Å². The molecule has 0 saturated heterocycles. The Balaban J connectivity index is 0.842. The van der Waals surface area contributed by atoms with Gasteiger partial charge in [0, 0.05) is 113 Å². The number of fused-ring (bicyclic) bond motifs is 12. The summed E-state index contributed by atoms with van der Waals surface area (Å²) in [6.45, 7) is 8.21. The molecule has 87 heavy (non-hydrogen) atoms. The van der Waals surface area contributed by atoms with Crippen LogP contribution in [0.25, 0.3) is 0 Å². The summed E-state index contributed by atoms with van der Waals surface area (Å²) in [5, 5.41) is 0. The lowest BCUT2D eigenvalue weighted by Crippen LogP contribution is -2.34. The largest absolute Gasteiger partial charge is 0.456 e. The molecule has 4 aliphatic rings. The molecular formula is C75H60N4O8. The number of carbonyl (C=O) groups is 4. The third-order valence-corrected chi connectivity index (χ3v) is 17.7. The zero-order valence-electron chi connectivity index (χ0n) is 49.3. The fourth-order valence-corrected chi connectivity index (χ4v) is 13.0. The Bertz CT molecular complexity index is 4220. The Hall–Kier alpha value is -10.7. The van der Waals surface area contributed by atoms with Crippen molar-refractivity contribution in [1.29, 1.82) is 0 Å². The minimum atomic E-state index is -1.37. The zero-order chi connectivity index (χ0) is 60.3. The van der Waals surface area contributed by atoms with Gasteiger partial charge >= 0.3 is 11.9 Å². The van der Waals surface area contributed by atoms with Crippen LogP contribution in [0, 0.1) is 13.8 Å².